The number of alkyl halides is 3. The van der Waals surface area contributed by atoms with Crippen LogP contribution in [-0.4, -0.2) is 20.6 Å². The van der Waals surface area contributed by atoms with Crippen molar-refractivity contribution in [1.29, 1.82) is 0 Å². The van der Waals surface area contributed by atoms with E-state index >= 15 is 0 Å². The highest BCUT2D eigenvalue weighted by Crippen LogP contribution is 2.32. The fourth-order valence-electron chi connectivity index (χ4n) is 2.00. The highest BCUT2D eigenvalue weighted by atomic mass is 35.5. The minimum Gasteiger partial charge on any atom is -0.322 e. The topological polar surface area (TPSA) is 63.2 Å². The van der Waals surface area contributed by atoms with Crippen LogP contribution in [0.2, 0.25) is 5.02 Å². The largest absolute Gasteiger partial charge is 0.416 e. The Bertz CT molecular complexity index is 969. The normalized spacial score (nSPS) is 12.3. The van der Waals surface area contributed by atoms with Crippen LogP contribution >= 0.6 is 11.6 Å². The van der Waals surface area contributed by atoms with Gasteiger partial charge in [0.15, 0.2) is 9.84 Å². The van der Waals surface area contributed by atoms with Gasteiger partial charge in [-0.2, -0.15) is 13.2 Å². The van der Waals surface area contributed by atoms with E-state index in [-0.39, 0.29) is 21.2 Å². The number of amides is 1. The van der Waals surface area contributed by atoms with Crippen molar-refractivity contribution in [1.82, 2.24) is 0 Å². The van der Waals surface area contributed by atoms with Crippen molar-refractivity contribution in [3.8, 4) is 0 Å². The monoisotopic (exact) mass is 403 g/mol. The molecule has 0 fully saturated rings. The van der Waals surface area contributed by atoms with E-state index in [0.717, 1.165) is 36.6 Å². The van der Waals surface area contributed by atoms with E-state index in [1.54, 1.807) is 0 Å². The van der Waals surface area contributed by atoms with Gasteiger partial charge in [-0.25, -0.2) is 8.42 Å². The average Bonchev–Trinajstić information content (AvgIpc) is 2.52. The quantitative estimate of drug-likeness (QED) is 0.769. The number of hydrogen-bond donors (Lipinski definition) is 1. The molecule has 1 amide bonds. The van der Waals surface area contributed by atoms with Crippen LogP contribution in [0.5, 0.6) is 0 Å². The maximum absolute atomic E-state index is 12.7. The van der Waals surface area contributed by atoms with Gasteiger partial charge in [-0.3, -0.25) is 4.79 Å². The van der Waals surface area contributed by atoms with E-state index in [1.807, 2.05) is 0 Å². The molecule has 0 unspecified atom stereocenters. The molecule has 0 bridgehead atoms. The Morgan fingerprint density at radius 2 is 1.85 bits per heavy atom. The first-order valence-corrected chi connectivity index (χ1v) is 9.40. The predicted molar refractivity (Wildman–Crippen MR) is 93.7 cm³/mol. The van der Waals surface area contributed by atoms with E-state index in [1.165, 1.54) is 24.3 Å². The third kappa shape index (κ3) is 5.34. The molecule has 4 nitrogen and oxygen atoms in total. The number of hydrogen-bond acceptors (Lipinski definition) is 3. The lowest BCUT2D eigenvalue weighted by molar-refractivity contribution is -0.137. The number of carbonyl (C=O) groups excluding carboxylic acids is 1. The molecule has 138 valence electrons. The number of rotatable bonds is 4. The fourth-order valence-corrected chi connectivity index (χ4v) is 2.85. The third-order valence-electron chi connectivity index (χ3n) is 3.27. The van der Waals surface area contributed by atoms with Crippen molar-refractivity contribution in [2.24, 2.45) is 0 Å². The number of anilines is 1. The summed E-state index contributed by atoms with van der Waals surface area (Å²) in [5.74, 6) is -0.649. The van der Waals surface area contributed by atoms with Crippen molar-refractivity contribution < 1.29 is 26.4 Å². The van der Waals surface area contributed by atoms with Crippen LogP contribution in [0.25, 0.3) is 6.08 Å². The van der Waals surface area contributed by atoms with E-state index < -0.39 is 27.5 Å². The molecule has 9 heteroatoms. The van der Waals surface area contributed by atoms with E-state index in [0.29, 0.717) is 0 Å². The van der Waals surface area contributed by atoms with Crippen LogP contribution in [0, 0.1) is 0 Å². The van der Waals surface area contributed by atoms with E-state index in [4.69, 9.17) is 11.6 Å². The summed E-state index contributed by atoms with van der Waals surface area (Å²) in [6.45, 7) is 0. The number of sulfone groups is 1. The lowest BCUT2D eigenvalue weighted by Gasteiger charge is -2.08. The minimum atomic E-state index is -4.53. The summed E-state index contributed by atoms with van der Waals surface area (Å²) >= 11 is 5.84. The van der Waals surface area contributed by atoms with Crippen LogP contribution in [0.3, 0.4) is 0 Å². The summed E-state index contributed by atoms with van der Waals surface area (Å²) in [6, 6.07) is 8.36. The molecule has 0 aliphatic rings. The minimum absolute atomic E-state index is 0.0280. The zero-order chi connectivity index (χ0) is 19.5. The van der Waals surface area contributed by atoms with Gasteiger partial charge in [-0.05, 0) is 48.0 Å². The first-order valence-electron chi connectivity index (χ1n) is 7.13. The smallest absolute Gasteiger partial charge is 0.322 e. The van der Waals surface area contributed by atoms with E-state index in [2.05, 4.69) is 5.32 Å². The van der Waals surface area contributed by atoms with Gasteiger partial charge in [0.1, 0.15) is 0 Å². The van der Waals surface area contributed by atoms with Gasteiger partial charge in [0.05, 0.1) is 10.5 Å². The molecule has 1 N–H and O–H groups in total. The van der Waals surface area contributed by atoms with Gasteiger partial charge in [0.25, 0.3) is 0 Å². The van der Waals surface area contributed by atoms with Gasteiger partial charge < -0.3 is 5.32 Å². The number of halogens is 4. The summed E-state index contributed by atoms with van der Waals surface area (Å²) in [7, 11) is -3.43. The third-order valence-corrected chi connectivity index (χ3v) is 4.72. The molecule has 26 heavy (non-hydrogen) atoms. The summed E-state index contributed by atoms with van der Waals surface area (Å²) in [4.78, 5) is 12.0. The van der Waals surface area contributed by atoms with Gasteiger partial charge >= 0.3 is 6.18 Å². The predicted octanol–water partition coefficient (Wildman–Crippen LogP) is 4.41. The summed E-state index contributed by atoms with van der Waals surface area (Å²) in [5.41, 5.74) is -0.623. The molecular formula is C17H13ClF3NO3S. The Hall–Kier alpha value is -2.32. The standard InChI is InChI=1S/C17H13ClF3NO3S/c1-26(24,25)14-4-2-3-13(10-14)22-16(23)8-5-11-9-12(17(19,20)21)6-7-15(11)18/h2-10H,1H3,(H,22,23)/b8-5+. The molecule has 0 aliphatic heterocycles. The maximum atomic E-state index is 12.7. The Morgan fingerprint density at radius 3 is 2.46 bits per heavy atom. The van der Waals surface area contributed by atoms with E-state index in [9.17, 15) is 26.4 Å². The molecule has 0 aromatic heterocycles. The fraction of sp³-hybridized carbons (Fsp3) is 0.118. The molecule has 0 aliphatic carbocycles. The number of benzene rings is 2. The SMILES string of the molecule is CS(=O)(=O)c1cccc(NC(=O)/C=C/c2cc(C(F)(F)F)ccc2Cl)c1. The molecular weight excluding hydrogens is 391 g/mol. The first kappa shape index (κ1) is 20.0. The zero-order valence-corrected chi connectivity index (χ0v) is 14.9. The molecule has 0 spiro atoms. The Labute approximate surface area is 153 Å². The lowest BCUT2D eigenvalue weighted by atomic mass is 10.1. The van der Waals surface area contributed by atoms with Crippen molar-refractivity contribution in [2.75, 3.05) is 11.6 Å². The molecule has 2 rings (SSSR count). The van der Waals surface area contributed by atoms with Crippen LogP contribution in [0.4, 0.5) is 18.9 Å². The van der Waals surface area contributed by atoms with Gasteiger partial charge in [-0.1, -0.05) is 17.7 Å². The van der Waals surface area contributed by atoms with Crippen molar-refractivity contribution >= 4 is 39.1 Å². The molecule has 0 heterocycles. The molecule has 0 saturated heterocycles. The summed E-state index contributed by atoms with van der Waals surface area (Å²) < 4.78 is 61.2. The maximum Gasteiger partial charge on any atom is 0.416 e. The second kappa shape index (κ2) is 7.51. The van der Waals surface area contributed by atoms with Crippen molar-refractivity contribution in [3.05, 3.63) is 64.7 Å². The molecule has 2 aromatic carbocycles. The van der Waals surface area contributed by atoms with Crippen LogP contribution in [0.1, 0.15) is 11.1 Å². The molecule has 0 radical (unpaired) electrons. The number of nitrogens with one attached hydrogen (secondary N) is 1. The van der Waals surface area contributed by atoms with Crippen molar-refractivity contribution in [2.45, 2.75) is 11.1 Å². The second-order valence-corrected chi connectivity index (χ2v) is 7.78. The highest BCUT2D eigenvalue weighted by molar-refractivity contribution is 7.90. The van der Waals surface area contributed by atoms with Gasteiger partial charge in [0, 0.05) is 23.0 Å². The summed E-state index contributed by atoms with van der Waals surface area (Å²) in [5, 5.41) is 2.49. The van der Waals surface area contributed by atoms with Gasteiger partial charge in [-0.15, -0.1) is 0 Å². The second-order valence-electron chi connectivity index (χ2n) is 5.36. The average molecular weight is 404 g/mol. The van der Waals surface area contributed by atoms with Crippen LogP contribution < -0.4 is 5.32 Å². The number of carbonyl (C=O) groups is 1. The highest BCUT2D eigenvalue weighted by Gasteiger charge is 2.30. The Balaban J connectivity index is 2.18. The molecule has 2 aromatic rings. The Morgan fingerprint density at radius 1 is 1.15 bits per heavy atom. The Kier molecular flexibility index (Phi) is 5.77. The molecule has 0 saturated carbocycles. The lowest BCUT2D eigenvalue weighted by Crippen LogP contribution is -2.09. The summed E-state index contributed by atoms with van der Waals surface area (Å²) in [6.07, 6.45) is -1.34. The van der Waals surface area contributed by atoms with Crippen LogP contribution in [-0.2, 0) is 20.8 Å². The van der Waals surface area contributed by atoms with Gasteiger partial charge in [0.2, 0.25) is 5.91 Å². The van der Waals surface area contributed by atoms with Crippen LogP contribution in [0.15, 0.2) is 53.4 Å². The molecule has 0 atom stereocenters. The first-order chi connectivity index (χ1) is 12.0. The zero-order valence-electron chi connectivity index (χ0n) is 13.3. The van der Waals surface area contributed by atoms with Crippen molar-refractivity contribution in [3.63, 3.8) is 0 Å².